The fourth-order valence-electron chi connectivity index (χ4n) is 2.84. The molecule has 0 aliphatic heterocycles. The third kappa shape index (κ3) is 4.96. The second-order valence-electron chi connectivity index (χ2n) is 6.51. The Kier molecular flexibility index (Phi) is 5.62. The first-order valence-electron chi connectivity index (χ1n) is 8.64. The predicted octanol–water partition coefficient (Wildman–Crippen LogP) is 3.58. The normalized spacial score (nSPS) is 13.3. The van der Waals surface area contributed by atoms with Crippen LogP contribution in [0.4, 0.5) is 0 Å². The van der Waals surface area contributed by atoms with E-state index in [2.05, 4.69) is 9.82 Å². The van der Waals surface area contributed by atoms with E-state index in [4.69, 9.17) is 4.42 Å². The minimum absolute atomic E-state index is 0.135. The van der Waals surface area contributed by atoms with E-state index in [1.165, 1.54) is 5.41 Å². The highest BCUT2D eigenvalue weighted by molar-refractivity contribution is 7.92. The van der Waals surface area contributed by atoms with Crippen molar-refractivity contribution in [3.63, 3.8) is 0 Å². The van der Waals surface area contributed by atoms with Gasteiger partial charge in [-0.2, -0.15) is 5.10 Å². The zero-order valence-electron chi connectivity index (χ0n) is 15.6. The van der Waals surface area contributed by atoms with Gasteiger partial charge in [0.1, 0.15) is 11.8 Å². The van der Waals surface area contributed by atoms with Crippen molar-refractivity contribution in [2.45, 2.75) is 26.8 Å². The number of rotatable bonds is 7. The predicted molar refractivity (Wildman–Crippen MR) is 106 cm³/mol. The lowest BCUT2D eigenvalue weighted by Crippen LogP contribution is -2.30. The first kappa shape index (κ1) is 19.1. The maximum Gasteiger partial charge on any atom is 0.233 e. The Morgan fingerprint density at radius 3 is 2.52 bits per heavy atom. The Morgan fingerprint density at radius 1 is 1.19 bits per heavy atom. The highest BCUT2D eigenvalue weighted by Gasteiger charge is 2.21. The molecule has 0 radical (unpaired) electrons. The highest BCUT2D eigenvalue weighted by atomic mass is 32.2. The number of nitrogens with zero attached hydrogens (tertiary/aromatic N) is 2. The maximum atomic E-state index is 12.4. The summed E-state index contributed by atoms with van der Waals surface area (Å²) in [5.74, 6) is 0.645. The number of sulfonamides is 1. The summed E-state index contributed by atoms with van der Waals surface area (Å²) in [6.07, 6.45) is 3.15. The number of hydrogen-bond acceptors (Lipinski definition) is 4. The number of aromatic nitrogens is 2. The lowest BCUT2D eigenvalue weighted by molar-refractivity contribution is 0.397. The molecule has 142 valence electrons. The first-order valence-corrected chi connectivity index (χ1v) is 10.2. The fourth-order valence-corrected chi connectivity index (χ4v) is 3.66. The molecule has 1 atom stereocenters. The van der Waals surface area contributed by atoms with Gasteiger partial charge in [0.25, 0.3) is 0 Å². The largest absolute Gasteiger partial charge is 0.467 e. The van der Waals surface area contributed by atoms with Crippen molar-refractivity contribution in [1.82, 2.24) is 14.5 Å². The van der Waals surface area contributed by atoms with Gasteiger partial charge >= 0.3 is 0 Å². The topological polar surface area (TPSA) is 77.1 Å². The molecule has 1 N–H and O–H groups in total. The third-order valence-corrected chi connectivity index (χ3v) is 5.27. The zero-order chi connectivity index (χ0) is 19.4. The summed E-state index contributed by atoms with van der Waals surface area (Å²) in [6, 6.07) is 12.8. The van der Waals surface area contributed by atoms with Gasteiger partial charge in [-0.3, -0.25) is 4.68 Å². The SMILES string of the molecule is Cc1ccc(/C=C/S(=O)(=O)NCC(c2ccco2)n2nc(C)cc2C)cc1. The van der Waals surface area contributed by atoms with Gasteiger partial charge in [0.05, 0.1) is 12.0 Å². The van der Waals surface area contributed by atoms with Crippen LogP contribution in [0.1, 0.15) is 34.3 Å². The van der Waals surface area contributed by atoms with Crippen molar-refractivity contribution in [2.24, 2.45) is 0 Å². The highest BCUT2D eigenvalue weighted by Crippen LogP contribution is 2.20. The minimum Gasteiger partial charge on any atom is -0.467 e. The van der Waals surface area contributed by atoms with Crippen molar-refractivity contribution >= 4 is 16.1 Å². The Hall–Kier alpha value is -2.64. The van der Waals surface area contributed by atoms with Gasteiger partial charge in [-0.25, -0.2) is 13.1 Å². The molecule has 1 unspecified atom stereocenters. The monoisotopic (exact) mass is 385 g/mol. The van der Waals surface area contributed by atoms with Crippen molar-refractivity contribution < 1.29 is 12.8 Å². The molecule has 2 heterocycles. The van der Waals surface area contributed by atoms with E-state index in [-0.39, 0.29) is 12.6 Å². The standard InChI is InChI=1S/C20H23N3O3S/c1-15-6-8-18(9-7-15)10-12-27(24,25)21-14-19(20-5-4-11-26-20)23-17(3)13-16(2)22-23/h4-13,19,21H,14H2,1-3H3/b12-10+. The third-order valence-electron chi connectivity index (χ3n) is 4.21. The van der Waals surface area contributed by atoms with Gasteiger partial charge < -0.3 is 4.42 Å². The molecule has 0 saturated heterocycles. The maximum absolute atomic E-state index is 12.4. The summed E-state index contributed by atoms with van der Waals surface area (Å²) in [7, 11) is -3.60. The second kappa shape index (κ2) is 7.94. The Morgan fingerprint density at radius 2 is 1.93 bits per heavy atom. The first-order chi connectivity index (χ1) is 12.8. The van der Waals surface area contributed by atoms with Crippen LogP contribution in [0.2, 0.25) is 0 Å². The molecule has 3 aromatic rings. The van der Waals surface area contributed by atoms with Crippen molar-refractivity contribution in [3.05, 3.63) is 82.4 Å². The number of benzene rings is 1. The van der Waals surface area contributed by atoms with Crippen LogP contribution >= 0.6 is 0 Å². The van der Waals surface area contributed by atoms with Crippen LogP contribution in [0.3, 0.4) is 0 Å². The van der Waals surface area contributed by atoms with Crippen molar-refractivity contribution in [2.75, 3.05) is 6.54 Å². The zero-order valence-corrected chi connectivity index (χ0v) is 16.4. The van der Waals surface area contributed by atoms with E-state index in [0.29, 0.717) is 5.76 Å². The van der Waals surface area contributed by atoms with Crippen molar-refractivity contribution in [1.29, 1.82) is 0 Å². The summed E-state index contributed by atoms with van der Waals surface area (Å²) < 4.78 is 34.7. The second-order valence-corrected chi connectivity index (χ2v) is 8.16. The Balaban J connectivity index is 1.76. The van der Waals surface area contributed by atoms with E-state index in [1.807, 2.05) is 57.2 Å². The summed E-state index contributed by atoms with van der Waals surface area (Å²) in [5, 5.41) is 5.65. The summed E-state index contributed by atoms with van der Waals surface area (Å²) in [5.41, 5.74) is 3.75. The van der Waals surface area contributed by atoms with Crippen LogP contribution in [0.25, 0.3) is 6.08 Å². The molecule has 0 aliphatic carbocycles. The van der Waals surface area contributed by atoms with Crippen molar-refractivity contribution in [3.8, 4) is 0 Å². The van der Waals surface area contributed by atoms with Crippen LogP contribution in [-0.4, -0.2) is 24.7 Å². The molecule has 0 spiro atoms. The Labute approximate surface area is 159 Å². The molecule has 6 nitrogen and oxygen atoms in total. The quantitative estimate of drug-likeness (QED) is 0.674. The van der Waals surface area contributed by atoms with E-state index in [0.717, 1.165) is 22.5 Å². The molecule has 0 amide bonds. The minimum atomic E-state index is -3.60. The lowest BCUT2D eigenvalue weighted by Gasteiger charge is -2.17. The summed E-state index contributed by atoms with van der Waals surface area (Å²) in [4.78, 5) is 0. The number of furan rings is 1. The van der Waals surface area contributed by atoms with Crippen LogP contribution in [0.15, 0.2) is 58.6 Å². The molecule has 3 rings (SSSR count). The van der Waals surface area contributed by atoms with Crippen LogP contribution in [0, 0.1) is 20.8 Å². The smallest absolute Gasteiger partial charge is 0.233 e. The van der Waals surface area contributed by atoms with E-state index < -0.39 is 10.0 Å². The van der Waals surface area contributed by atoms with Gasteiger partial charge in [0.15, 0.2) is 0 Å². The molecule has 0 saturated carbocycles. The molecule has 2 aromatic heterocycles. The molecule has 1 aromatic carbocycles. The van der Waals surface area contributed by atoms with Gasteiger partial charge in [-0.05, 0) is 50.6 Å². The molecular formula is C20H23N3O3S. The van der Waals surface area contributed by atoms with Gasteiger partial charge in [0, 0.05) is 17.6 Å². The van der Waals surface area contributed by atoms with Gasteiger partial charge in [-0.15, -0.1) is 0 Å². The van der Waals surface area contributed by atoms with Crippen LogP contribution in [0.5, 0.6) is 0 Å². The number of nitrogens with one attached hydrogen (secondary N) is 1. The lowest BCUT2D eigenvalue weighted by atomic mass is 10.2. The number of aryl methyl sites for hydroxylation is 3. The Bertz CT molecular complexity index is 1020. The van der Waals surface area contributed by atoms with E-state index in [1.54, 1.807) is 23.1 Å². The summed E-state index contributed by atoms with van der Waals surface area (Å²) >= 11 is 0. The average Bonchev–Trinajstić information content (AvgIpc) is 3.25. The van der Waals surface area contributed by atoms with Gasteiger partial charge in [-0.1, -0.05) is 29.8 Å². The fraction of sp³-hybridized carbons (Fsp3) is 0.250. The van der Waals surface area contributed by atoms with Gasteiger partial charge in [0.2, 0.25) is 10.0 Å². The van der Waals surface area contributed by atoms with Crippen LogP contribution in [-0.2, 0) is 10.0 Å². The van der Waals surface area contributed by atoms with E-state index >= 15 is 0 Å². The molecule has 0 aliphatic rings. The van der Waals surface area contributed by atoms with Crippen LogP contribution < -0.4 is 4.72 Å². The molecule has 27 heavy (non-hydrogen) atoms. The molecule has 7 heteroatoms. The summed E-state index contributed by atoms with van der Waals surface area (Å²) in [6.45, 7) is 5.95. The molecule has 0 bridgehead atoms. The van der Waals surface area contributed by atoms with E-state index in [9.17, 15) is 8.42 Å². The average molecular weight is 385 g/mol. The number of hydrogen-bond donors (Lipinski definition) is 1. The molecular weight excluding hydrogens is 362 g/mol. The molecule has 0 fully saturated rings.